The maximum atomic E-state index is 12.9. The van der Waals surface area contributed by atoms with Crippen LogP contribution in [0.2, 0.25) is 0 Å². The lowest BCUT2D eigenvalue weighted by Crippen LogP contribution is -2.34. The Morgan fingerprint density at radius 1 is 1.11 bits per heavy atom. The highest BCUT2D eigenvalue weighted by atomic mass is 16.1. The Hall–Kier alpha value is -3.25. The van der Waals surface area contributed by atoms with E-state index in [1.807, 2.05) is 54.2 Å². The molecule has 1 aromatic heterocycles. The third-order valence-electron chi connectivity index (χ3n) is 5.72. The molecule has 0 aliphatic heterocycles. The predicted octanol–water partition coefficient (Wildman–Crippen LogP) is 4.11. The Labute approximate surface area is 165 Å². The van der Waals surface area contributed by atoms with Crippen molar-refractivity contribution in [2.75, 3.05) is 0 Å². The van der Waals surface area contributed by atoms with E-state index in [1.165, 1.54) is 11.1 Å². The van der Waals surface area contributed by atoms with Crippen LogP contribution in [0.4, 0.5) is 0 Å². The summed E-state index contributed by atoms with van der Waals surface area (Å²) in [5, 5.41) is 9.65. The topological polar surface area (TPSA) is 44.7 Å². The number of rotatable bonds is 4. The van der Waals surface area contributed by atoms with Crippen molar-refractivity contribution in [1.82, 2.24) is 0 Å². The maximum absolute atomic E-state index is 12.9. The number of fused-ring (bicyclic) bond motifs is 1. The van der Waals surface area contributed by atoms with Crippen molar-refractivity contribution in [3.8, 4) is 6.07 Å². The Morgan fingerprint density at radius 3 is 2.61 bits per heavy atom. The van der Waals surface area contributed by atoms with Gasteiger partial charge in [-0.1, -0.05) is 36.4 Å². The summed E-state index contributed by atoms with van der Waals surface area (Å²) in [5.74, 6) is 0.135. The van der Waals surface area contributed by atoms with Crippen molar-refractivity contribution in [1.29, 1.82) is 5.26 Å². The fraction of sp³-hybridized carbons (Fsp3) is 0.240. The quantitative estimate of drug-likeness (QED) is 0.652. The molecule has 3 nitrogen and oxygen atoms in total. The first-order valence-electron chi connectivity index (χ1n) is 9.65. The second-order valence-corrected chi connectivity index (χ2v) is 7.72. The van der Waals surface area contributed by atoms with Crippen LogP contribution in [0.15, 0.2) is 60.9 Å². The van der Waals surface area contributed by atoms with Crippen molar-refractivity contribution in [3.05, 3.63) is 99.9 Å². The highest BCUT2D eigenvalue weighted by Crippen LogP contribution is 2.31. The number of aromatic nitrogens is 1. The van der Waals surface area contributed by atoms with E-state index in [1.54, 1.807) is 0 Å². The highest BCUT2D eigenvalue weighted by Gasteiger charge is 2.31. The molecule has 0 saturated carbocycles. The first-order valence-corrected chi connectivity index (χ1v) is 9.65. The maximum Gasteiger partial charge on any atom is 0.187 e. The number of nitriles is 1. The average molecular weight is 367 g/mol. The van der Waals surface area contributed by atoms with Gasteiger partial charge in [0.2, 0.25) is 0 Å². The van der Waals surface area contributed by atoms with Gasteiger partial charge in [0.05, 0.1) is 0 Å². The lowest BCUT2D eigenvalue weighted by molar-refractivity contribution is -0.688. The molecular weight excluding hydrogens is 344 g/mol. The van der Waals surface area contributed by atoms with Crippen LogP contribution in [0, 0.1) is 31.1 Å². The van der Waals surface area contributed by atoms with E-state index < -0.39 is 0 Å². The number of pyridine rings is 1. The number of benzene rings is 2. The normalized spacial score (nSPS) is 15.3. The smallest absolute Gasteiger partial charge is 0.187 e. The minimum atomic E-state index is -0.0757. The van der Waals surface area contributed by atoms with Crippen molar-refractivity contribution in [2.24, 2.45) is 5.92 Å². The summed E-state index contributed by atoms with van der Waals surface area (Å²) in [6.45, 7) is 4.86. The van der Waals surface area contributed by atoms with E-state index >= 15 is 0 Å². The average Bonchev–Trinajstić information content (AvgIpc) is 2.99. The van der Waals surface area contributed by atoms with Crippen molar-refractivity contribution in [2.45, 2.75) is 33.2 Å². The van der Waals surface area contributed by atoms with E-state index in [9.17, 15) is 10.1 Å². The third-order valence-corrected chi connectivity index (χ3v) is 5.72. The number of nitrogens with zero attached hydrogens (tertiary/aromatic N) is 2. The summed E-state index contributed by atoms with van der Waals surface area (Å²) in [6, 6.07) is 18.7. The molecule has 1 aliphatic rings. The molecule has 0 N–H and O–H groups in total. The zero-order chi connectivity index (χ0) is 19.7. The Kier molecular flexibility index (Phi) is 4.79. The molecule has 0 bridgehead atoms. The number of hydrogen-bond acceptors (Lipinski definition) is 2. The molecular formula is C25H23N2O+. The van der Waals surface area contributed by atoms with E-state index in [2.05, 4.69) is 31.2 Å². The number of carbonyl (C=O) groups excluding carboxylic acids is 1. The monoisotopic (exact) mass is 367 g/mol. The molecule has 28 heavy (non-hydrogen) atoms. The number of hydrogen-bond donors (Lipinski definition) is 0. The van der Waals surface area contributed by atoms with Gasteiger partial charge >= 0.3 is 0 Å². The van der Waals surface area contributed by atoms with Gasteiger partial charge in [-0.3, -0.25) is 4.79 Å². The van der Waals surface area contributed by atoms with E-state index in [0.717, 1.165) is 35.2 Å². The zero-order valence-corrected chi connectivity index (χ0v) is 16.3. The van der Waals surface area contributed by atoms with Gasteiger partial charge in [0, 0.05) is 23.1 Å². The van der Waals surface area contributed by atoms with Gasteiger partial charge in [0.15, 0.2) is 24.7 Å². The summed E-state index contributed by atoms with van der Waals surface area (Å²) in [6.07, 6.45) is 5.27. The summed E-state index contributed by atoms with van der Waals surface area (Å²) in [5.41, 5.74) is 7.18. The molecule has 3 heteroatoms. The number of carbonyl (C=O) groups is 1. The molecule has 1 atom stereocenters. The van der Waals surface area contributed by atoms with E-state index in [4.69, 9.17) is 0 Å². The van der Waals surface area contributed by atoms with Crippen LogP contribution in [0.3, 0.4) is 0 Å². The van der Waals surface area contributed by atoms with Crippen LogP contribution >= 0.6 is 0 Å². The van der Waals surface area contributed by atoms with Gasteiger partial charge in [-0.25, -0.2) is 0 Å². The largest absolute Gasteiger partial charge is 0.294 e. The van der Waals surface area contributed by atoms with Gasteiger partial charge in [-0.15, -0.1) is 0 Å². The second kappa shape index (κ2) is 7.40. The molecule has 1 aliphatic carbocycles. The summed E-state index contributed by atoms with van der Waals surface area (Å²) >= 11 is 0. The molecule has 0 saturated heterocycles. The second-order valence-electron chi connectivity index (χ2n) is 7.72. The van der Waals surface area contributed by atoms with Gasteiger partial charge in [0.25, 0.3) is 0 Å². The lowest BCUT2D eigenvalue weighted by atomic mass is 9.94. The van der Waals surface area contributed by atoms with Crippen molar-refractivity contribution >= 4 is 5.78 Å². The van der Waals surface area contributed by atoms with Gasteiger partial charge < -0.3 is 0 Å². The Bertz CT molecular complexity index is 1090. The molecule has 0 spiro atoms. The molecule has 0 fully saturated rings. The van der Waals surface area contributed by atoms with Gasteiger partial charge in [-0.2, -0.15) is 9.83 Å². The fourth-order valence-electron chi connectivity index (χ4n) is 4.02. The van der Waals surface area contributed by atoms with Crippen LogP contribution in [-0.4, -0.2) is 5.78 Å². The van der Waals surface area contributed by atoms with Gasteiger partial charge in [0.1, 0.15) is 11.6 Å². The molecule has 4 rings (SSSR count). The molecule has 3 aromatic rings. The molecule has 1 heterocycles. The molecule has 1 unspecified atom stereocenters. The summed E-state index contributed by atoms with van der Waals surface area (Å²) < 4.78 is 2.02. The minimum absolute atomic E-state index is 0.0757. The summed E-state index contributed by atoms with van der Waals surface area (Å²) in [4.78, 5) is 12.9. The summed E-state index contributed by atoms with van der Waals surface area (Å²) in [7, 11) is 0. The van der Waals surface area contributed by atoms with Crippen LogP contribution in [0.25, 0.3) is 0 Å². The Balaban J connectivity index is 1.55. The molecule has 2 aromatic carbocycles. The minimum Gasteiger partial charge on any atom is -0.294 e. The molecule has 0 amide bonds. The predicted molar refractivity (Wildman–Crippen MR) is 108 cm³/mol. The van der Waals surface area contributed by atoms with Crippen molar-refractivity contribution in [3.63, 3.8) is 0 Å². The fourth-order valence-corrected chi connectivity index (χ4v) is 4.02. The first-order chi connectivity index (χ1) is 13.5. The third kappa shape index (κ3) is 3.46. The van der Waals surface area contributed by atoms with Crippen LogP contribution in [-0.2, 0) is 19.4 Å². The van der Waals surface area contributed by atoms with Crippen LogP contribution in [0.5, 0.6) is 0 Å². The lowest BCUT2D eigenvalue weighted by Gasteiger charge is -2.09. The SMILES string of the molecule is Cc1cc2c(cc1C)C(=O)C(Cc1cc[n+](Cc3ccccc3)cc1C#N)C2. The van der Waals surface area contributed by atoms with E-state index in [0.29, 0.717) is 12.0 Å². The highest BCUT2D eigenvalue weighted by molar-refractivity contribution is 6.02. The number of Topliss-reactive ketones (excluding diaryl/α,β-unsaturated/α-hetero) is 1. The first kappa shape index (κ1) is 18.1. The Morgan fingerprint density at radius 2 is 1.86 bits per heavy atom. The number of ketones is 1. The zero-order valence-electron chi connectivity index (χ0n) is 16.3. The van der Waals surface area contributed by atoms with Gasteiger partial charge in [-0.05, 0) is 55.0 Å². The van der Waals surface area contributed by atoms with Crippen LogP contribution in [0.1, 0.15) is 43.7 Å². The van der Waals surface area contributed by atoms with Crippen molar-refractivity contribution < 1.29 is 9.36 Å². The molecule has 138 valence electrons. The number of aryl methyl sites for hydroxylation is 2. The standard InChI is InChI=1S/C25H23N2O/c1-17-10-21-13-22(25(28)24(21)11-18(17)2)12-20-8-9-27(16-23(20)14-26)15-19-6-4-3-5-7-19/h3-11,16,22H,12-13,15H2,1-2H3/q+1. The van der Waals surface area contributed by atoms with E-state index in [-0.39, 0.29) is 11.7 Å². The molecule has 0 radical (unpaired) electrons. The van der Waals surface area contributed by atoms with Crippen LogP contribution < -0.4 is 4.57 Å².